The van der Waals surface area contributed by atoms with Gasteiger partial charge in [0, 0.05) is 44.1 Å². The van der Waals surface area contributed by atoms with E-state index in [9.17, 15) is 4.79 Å². The third kappa shape index (κ3) is 5.51. The lowest BCUT2D eigenvalue weighted by molar-refractivity contribution is -0.127. The van der Waals surface area contributed by atoms with E-state index in [0.29, 0.717) is 18.3 Å². The van der Waals surface area contributed by atoms with Gasteiger partial charge in [0.1, 0.15) is 11.5 Å². The number of carbonyl (C=O) groups is 1. The summed E-state index contributed by atoms with van der Waals surface area (Å²) in [5.41, 5.74) is 0.741. The summed E-state index contributed by atoms with van der Waals surface area (Å²) in [4.78, 5) is 28.7. The van der Waals surface area contributed by atoms with Crippen molar-refractivity contribution in [1.29, 1.82) is 0 Å². The van der Waals surface area contributed by atoms with E-state index in [1.165, 1.54) is 6.08 Å². The highest BCUT2D eigenvalue weighted by molar-refractivity contribution is 5.89. The second-order valence-electron chi connectivity index (χ2n) is 8.22. The van der Waals surface area contributed by atoms with Crippen molar-refractivity contribution in [3.05, 3.63) is 37.2 Å². The Morgan fingerprint density at radius 2 is 2.18 bits per heavy atom. The predicted molar refractivity (Wildman–Crippen MR) is 131 cm³/mol. The zero-order valence-corrected chi connectivity index (χ0v) is 19.4. The summed E-state index contributed by atoms with van der Waals surface area (Å²) in [7, 11) is 0. The first-order chi connectivity index (χ1) is 16.1. The zero-order valence-electron chi connectivity index (χ0n) is 19.4. The van der Waals surface area contributed by atoms with Gasteiger partial charge in [-0.25, -0.2) is 0 Å². The molecule has 33 heavy (non-hydrogen) atoms. The molecule has 0 saturated carbocycles. The van der Waals surface area contributed by atoms with Crippen molar-refractivity contribution in [3.8, 4) is 0 Å². The average Bonchev–Trinajstić information content (AvgIpc) is 3.49. The molecule has 1 fully saturated rings. The van der Waals surface area contributed by atoms with Crippen molar-refractivity contribution in [2.45, 2.75) is 39.3 Å². The first-order valence-electron chi connectivity index (χ1n) is 11.7. The topological polar surface area (TPSA) is 107 Å². The summed E-state index contributed by atoms with van der Waals surface area (Å²) in [6.45, 7) is 13.2. The van der Waals surface area contributed by atoms with Crippen molar-refractivity contribution in [1.82, 2.24) is 34.5 Å². The van der Waals surface area contributed by atoms with E-state index >= 15 is 0 Å². The zero-order chi connectivity index (χ0) is 23.2. The molecule has 0 spiro atoms. The summed E-state index contributed by atoms with van der Waals surface area (Å²) < 4.78 is 1.93. The molecule has 4 rings (SSSR count). The second kappa shape index (κ2) is 10.5. The number of hydrogen-bond acceptors (Lipinski definition) is 7. The maximum Gasteiger partial charge on any atom is 0.246 e. The molecule has 1 aliphatic rings. The van der Waals surface area contributed by atoms with E-state index in [0.717, 1.165) is 62.4 Å². The molecular weight excluding hydrogens is 418 g/mol. The lowest BCUT2D eigenvalue weighted by Gasteiger charge is -2.32. The van der Waals surface area contributed by atoms with Gasteiger partial charge in [0.05, 0.1) is 11.9 Å². The van der Waals surface area contributed by atoms with Crippen molar-refractivity contribution in [2.75, 3.05) is 43.4 Å². The largest absolute Gasteiger partial charge is 0.365 e. The molecule has 176 valence electrons. The molecule has 0 radical (unpaired) electrons. The highest BCUT2D eigenvalue weighted by Crippen LogP contribution is 2.25. The van der Waals surface area contributed by atoms with Crippen LogP contribution in [0, 0.1) is 0 Å². The lowest BCUT2D eigenvalue weighted by Crippen LogP contribution is -2.44. The summed E-state index contributed by atoms with van der Waals surface area (Å²) in [5, 5.41) is 12.3. The summed E-state index contributed by atoms with van der Waals surface area (Å²) in [6.07, 6.45) is 7.10. The van der Waals surface area contributed by atoms with Gasteiger partial charge in [-0.15, -0.1) is 0 Å². The number of hydrogen-bond donors (Lipinski definition) is 3. The Morgan fingerprint density at radius 1 is 1.33 bits per heavy atom. The number of carbonyl (C=O) groups excluding carboxylic acids is 1. The summed E-state index contributed by atoms with van der Waals surface area (Å²) in [6, 6.07) is 4.00. The van der Waals surface area contributed by atoms with Crippen molar-refractivity contribution >= 4 is 34.5 Å². The van der Waals surface area contributed by atoms with Gasteiger partial charge >= 0.3 is 0 Å². The number of likely N-dealkylation sites (N-methyl/N-ethyl adjacent to an activating group) is 1. The molecule has 10 heteroatoms. The number of anilines is 3. The van der Waals surface area contributed by atoms with Crippen LogP contribution in [-0.2, 0) is 11.3 Å². The third-order valence-electron chi connectivity index (χ3n) is 6.08. The fraction of sp³-hybridized carbons (Fsp3) is 0.478. The van der Waals surface area contributed by atoms with E-state index < -0.39 is 0 Å². The van der Waals surface area contributed by atoms with Crippen molar-refractivity contribution < 1.29 is 4.79 Å². The Labute approximate surface area is 194 Å². The molecule has 10 nitrogen and oxygen atoms in total. The van der Waals surface area contributed by atoms with Crippen LogP contribution in [0.5, 0.6) is 0 Å². The first kappa shape index (κ1) is 22.8. The SMILES string of the molecule is C=CC(=O)N1CCC[C@@H](Nc2nc(Nc3ccn(CCN(CC)CC)n3)nc3[nH]ccc23)C1. The Hall–Kier alpha value is -3.40. The van der Waals surface area contributed by atoms with Crippen molar-refractivity contribution in [2.24, 2.45) is 0 Å². The van der Waals surface area contributed by atoms with E-state index in [1.807, 2.05) is 34.1 Å². The van der Waals surface area contributed by atoms with Crippen LogP contribution in [0.1, 0.15) is 26.7 Å². The van der Waals surface area contributed by atoms with Crippen LogP contribution in [-0.4, -0.2) is 79.2 Å². The standard InChI is InChI=1S/C23H33N9O/c1-4-20(33)31-12-7-8-17(16-31)25-22-18-9-11-24-21(18)27-23(28-22)26-19-10-13-32(29-19)15-14-30(5-2)6-3/h4,9-11,13,17H,1,5-8,12,14-16H2,2-3H3,(H3,24,25,26,27,28,29)/t17-/m1/s1. The Bertz CT molecular complexity index is 1080. The van der Waals surface area contributed by atoms with Gasteiger partial charge in [-0.3, -0.25) is 9.48 Å². The van der Waals surface area contributed by atoms with Crippen LogP contribution in [0.4, 0.5) is 17.6 Å². The van der Waals surface area contributed by atoms with Crippen LogP contribution >= 0.6 is 0 Å². The summed E-state index contributed by atoms with van der Waals surface area (Å²) >= 11 is 0. The fourth-order valence-electron chi connectivity index (χ4n) is 4.18. The second-order valence-corrected chi connectivity index (χ2v) is 8.22. The number of nitrogens with one attached hydrogen (secondary N) is 3. The average molecular weight is 452 g/mol. The fourth-order valence-corrected chi connectivity index (χ4v) is 4.18. The van der Waals surface area contributed by atoms with Crippen LogP contribution in [0.15, 0.2) is 37.2 Å². The van der Waals surface area contributed by atoms with E-state index in [1.54, 1.807) is 0 Å². The number of fused-ring (bicyclic) bond motifs is 1. The third-order valence-corrected chi connectivity index (χ3v) is 6.08. The molecule has 1 aliphatic heterocycles. The molecule has 3 aromatic rings. The Morgan fingerprint density at radius 3 is 2.97 bits per heavy atom. The molecule has 3 N–H and O–H groups in total. The smallest absolute Gasteiger partial charge is 0.246 e. The van der Waals surface area contributed by atoms with Gasteiger partial charge in [-0.1, -0.05) is 20.4 Å². The first-order valence-corrected chi connectivity index (χ1v) is 11.7. The minimum Gasteiger partial charge on any atom is -0.365 e. The van der Waals surface area contributed by atoms with Crippen molar-refractivity contribution in [3.63, 3.8) is 0 Å². The van der Waals surface area contributed by atoms with E-state index in [2.05, 4.69) is 51.0 Å². The Kier molecular flexibility index (Phi) is 7.23. The summed E-state index contributed by atoms with van der Waals surface area (Å²) in [5.74, 6) is 1.88. The number of likely N-dealkylation sites (tertiary alicyclic amines) is 1. The van der Waals surface area contributed by atoms with E-state index in [-0.39, 0.29) is 11.9 Å². The minimum atomic E-state index is -0.0325. The number of piperidine rings is 1. The van der Waals surface area contributed by atoms with Gasteiger partial charge < -0.3 is 25.4 Å². The number of rotatable bonds is 10. The van der Waals surface area contributed by atoms with Gasteiger partial charge in [-0.2, -0.15) is 15.1 Å². The number of aromatic amines is 1. The van der Waals surface area contributed by atoms with Gasteiger partial charge in [0.25, 0.3) is 0 Å². The highest BCUT2D eigenvalue weighted by atomic mass is 16.2. The molecule has 1 atom stereocenters. The maximum absolute atomic E-state index is 12.0. The number of amides is 1. The minimum absolute atomic E-state index is 0.0325. The molecule has 0 unspecified atom stereocenters. The molecule has 1 saturated heterocycles. The van der Waals surface area contributed by atoms with E-state index in [4.69, 9.17) is 4.98 Å². The van der Waals surface area contributed by atoms with Gasteiger partial charge in [0.15, 0.2) is 5.82 Å². The molecule has 0 bridgehead atoms. The van der Waals surface area contributed by atoms with Crippen LogP contribution in [0.2, 0.25) is 0 Å². The molecule has 4 heterocycles. The number of nitrogens with zero attached hydrogens (tertiary/aromatic N) is 6. The van der Waals surface area contributed by atoms with Crippen LogP contribution in [0.25, 0.3) is 11.0 Å². The number of H-pyrrole nitrogens is 1. The Balaban J connectivity index is 1.47. The molecule has 1 amide bonds. The molecule has 3 aromatic heterocycles. The normalized spacial score (nSPS) is 16.3. The highest BCUT2D eigenvalue weighted by Gasteiger charge is 2.23. The number of aromatic nitrogens is 5. The molecule has 0 aliphatic carbocycles. The van der Waals surface area contributed by atoms with Gasteiger partial charge in [-0.05, 0) is 38.1 Å². The predicted octanol–water partition coefficient (Wildman–Crippen LogP) is 2.83. The molecule has 0 aromatic carbocycles. The van der Waals surface area contributed by atoms with Gasteiger partial charge in [0.2, 0.25) is 11.9 Å². The van der Waals surface area contributed by atoms with Crippen LogP contribution in [0.3, 0.4) is 0 Å². The maximum atomic E-state index is 12.0. The monoisotopic (exact) mass is 451 g/mol. The molecular formula is C23H33N9O. The lowest BCUT2D eigenvalue weighted by atomic mass is 10.1. The van der Waals surface area contributed by atoms with Crippen LogP contribution < -0.4 is 10.6 Å². The quantitative estimate of drug-likeness (QED) is 0.407.